The molecule has 1 amide bonds. The number of benzene rings is 1. The standard InChI is InChI=1S/C22H30N2O2S/c1-3-24-11-9-22(10-12-24)8-6-18-14-19(4-5-20(18)26-22)21(25)23(2)15-17-7-13-27-16-17/h4-5,14,16H,3,6-13,15H2,1-2H3. The normalized spacial score (nSPS) is 21.5. The van der Waals surface area contributed by atoms with Gasteiger partial charge in [-0.3, -0.25) is 4.79 Å². The van der Waals surface area contributed by atoms with E-state index in [1.54, 1.807) is 0 Å². The highest BCUT2D eigenvalue weighted by atomic mass is 32.2. The van der Waals surface area contributed by atoms with Crippen LogP contribution in [0.15, 0.2) is 29.2 Å². The molecule has 3 heterocycles. The second-order valence-electron chi connectivity index (χ2n) is 8.10. The van der Waals surface area contributed by atoms with Crippen molar-refractivity contribution in [3.8, 4) is 5.75 Å². The predicted molar refractivity (Wildman–Crippen MR) is 112 cm³/mol. The van der Waals surface area contributed by atoms with Gasteiger partial charge in [0.15, 0.2) is 0 Å². The number of piperidine rings is 1. The number of hydrogen-bond donors (Lipinski definition) is 0. The summed E-state index contributed by atoms with van der Waals surface area (Å²) in [6.07, 6.45) is 5.38. The smallest absolute Gasteiger partial charge is 0.253 e. The van der Waals surface area contributed by atoms with E-state index in [1.165, 1.54) is 11.1 Å². The maximum absolute atomic E-state index is 12.8. The van der Waals surface area contributed by atoms with Crippen LogP contribution in [0.25, 0.3) is 0 Å². The van der Waals surface area contributed by atoms with Crippen molar-refractivity contribution in [1.82, 2.24) is 9.80 Å². The van der Waals surface area contributed by atoms with Gasteiger partial charge in [-0.15, -0.1) is 11.8 Å². The minimum Gasteiger partial charge on any atom is -0.487 e. The maximum Gasteiger partial charge on any atom is 0.253 e. The van der Waals surface area contributed by atoms with Crippen LogP contribution >= 0.6 is 11.8 Å². The average molecular weight is 387 g/mol. The van der Waals surface area contributed by atoms with Crippen LogP contribution in [0.3, 0.4) is 0 Å². The Morgan fingerprint density at radius 2 is 2.07 bits per heavy atom. The molecule has 1 fully saturated rings. The molecule has 27 heavy (non-hydrogen) atoms. The lowest BCUT2D eigenvalue weighted by molar-refractivity contribution is -0.0132. The van der Waals surface area contributed by atoms with Crippen molar-refractivity contribution in [3.05, 3.63) is 40.3 Å². The quantitative estimate of drug-likeness (QED) is 0.784. The molecule has 1 saturated heterocycles. The van der Waals surface area contributed by atoms with Gasteiger partial charge in [0.25, 0.3) is 5.91 Å². The first-order chi connectivity index (χ1) is 13.1. The van der Waals surface area contributed by atoms with Crippen molar-refractivity contribution >= 4 is 17.7 Å². The molecule has 0 N–H and O–H groups in total. The highest BCUT2D eigenvalue weighted by Gasteiger charge is 2.39. The van der Waals surface area contributed by atoms with Gasteiger partial charge < -0.3 is 14.5 Å². The third kappa shape index (κ3) is 4.04. The number of likely N-dealkylation sites (N-methyl/N-ethyl adjacent to an activating group) is 1. The Labute approximate surface area is 166 Å². The van der Waals surface area contributed by atoms with Gasteiger partial charge in [-0.2, -0.15) is 0 Å². The number of carbonyl (C=O) groups excluding carboxylic acids is 1. The molecule has 1 aromatic rings. The molecule has 0 unspecified atom stereocenters. The van der Waals surface area contributed by atoms with Crippen molar-refractivity contribution in [2.45, 2.75) is 44.6 Å². The summed E-state index contributed by atoms with van der Waals surface area (Å²) < 4.78 is 6.49. The molecular weight excluding hydrogens is 356 g/mol. The first-order valence-electron chi connectivity index (χ1n) is 10.2. The zero-order valence-electron chi connectivity index (χ0n) is 16.5. The third-order valence-corrected chi connectivity index (χ3v) is 7.22. The van der Waals surface area contributed by atoms with Gasteiger partial charge in [0.1, 0.15) is 11.4 Å². The number of hydrogen-bond acceptors (Lipinski definition) is 4. The van der Waals surface area contributed by atoms with E-state index in [9.17, 15) is 4.79 Å². The monoisotopic (exact) mass is 386 g/mol. The Bertz CT molecular complexity index is 738. The number of nitrogens with zero attached hydrogens (tertiary/aromatic N) is 2. The second-order valence-corrected chi connectivity index (χ2v) is 9.08. The number of likely N-dealkylation sites (tertiary alicyclic amines) is 1. The molecule has 3 aliphatic heterocycles. The zero-order chi connectivity index (χ0) is 18.9. The molecule has 3 aliphatic rings. The zero-order valence-corrected chi connectivity index (χ0v) is 17.3. The predicted octanol–water partition coefficient (Wildman–Crippen LogP) is 3.96. The minimum absolute atomic E-state index is 0.00754. The summed E-state index contributed by atoms with van der Waals surface area (Å²) >= 11 is 1.84. The molecule has 0 saturated carbocycles. The summed E-state index contributed by atoms with van der Waals surface area (Å²) in [7, 11) is 1.90. The van der Waals surface area contributed by atoms with E-state index in [0.717, 1.165) is 75.3 Å². The SMILES string of the molecule is CCN1CCC2(CCc3cc(C(=O)N(C)CC4=CSCC4)ccc3O2)CC1. The van der Waals surface area contributed by atoms with Crippen LogP contribution in [0.2, 0.25) is 0 Å². The number of carbonyl (C=O) groups is 1. The molecule has 146 valence electrons. The maximum atomic E-state index is 12.8. The summed E-state index contributed by atoms with van der Waals surface area (Å²) in [6, 6.07) is 6.02. The molecule has 1 spiro atoms. The fourth-order valence-corrected chi connectivity index (χ4v) is 5.35. The summed E-state index contributed by atoms with van der Waals surface area (Å²) in [5.41, 5.74) is 3.34. The summed E-state index contributed by atoms with van der Waals surface area (Å²) in [6.45, 7) is 6.34. The highest BCUT2D eigenvalue weighted by molar-refractivity contribution is 8.02. The van der Waals surface area contributed by atoms with Crippen molar-refractivity contribution < 1.29 is 9.53 Å². The lowest BCUT2D eigenvalue weighted by Gasteiger charge is -2.44. The van der Waals surface area contributed by atoms with E-state index < -0.39 is 0 Å². The van der Waals surface area contributed by atoms with Crippen LogP contribution in [-0.4, -0.2) is 60.3 Å². The molecular formula is C22H30N2O2S. The highest BCUT2D eigenvalue weighted by Crippen LogP contribution is 2.39. The molecule has 1 aromatic carbocycles. The van der Waals surface area contributed by atoms with Gasteiger partial charge in [-0.1, -0.05) is 6.92 Å². The van der Waals surface area contributed by atoms with E-state index in [2.05, 4.69) is 23.3 Å². The van der Waals surface area contributed by atoms with E-state index >= 15 is 0 Å². The molecule has 5 heteroatoms. The van der Waals surface area contributed by atoms with Gasteiger partial charge in [-0.25, -0.2) is 0 Å². The Balaban J connectivity index is 1.43. The summed E-state index contributed by atoms with van der Waals surface area (Å²) in [5.74, 6) is 2.23. The van der Waals surface area contributed by atoms with Gasteiger partial charge in [0.2, 0.25) is 0 Å². The molecule has 0 atom stereocenters. The van der Waals surface area contributed by atoms with Crippen molar-refractivity contribution in [2.75, 3.05) is 39.0 Å². The van der Waals surface area contributed by atoms with Crippen LogP contribution in [0, 0.1) is 0 Å². The summed E-state index contributed by atoms with van der Waals surface area (Å²) in [5, 5.41) is 2.20. The number of amides is 1. The third-order valence-electron chi connectivity index (χ3n) is 6.28. The van der Waals surface area contributed by atoms with Gasteiger partial charge in [0.05, 0.1) is 0 Å². The molecule has 0 aromatic heterocycles. The molecule has 0 bridgehead atoms. The number of thioether (sulfide) groups is 1. The first-order valence-corrected chi connectivity index (χ1v) is 11.2. The number of aryl methyl sites for hydroxylation is 1. The van der Waals surface area contributed by atoms with Crippen LogP contribution in [0.4, 0.5) is 0 Å². The van der Waals surface area contributed by atoms with Crippen LogP contribution in [0.1, 0.15) is 48.5 Å². The van der Waals surface area contributed by atoms with Gasteiger partial charge in [0, 0.05) is 38.0 Å². The van der Waals surface area contributed by atoms with Gasteiger partial charge in [-0.05, 0) is 73.4 Å². The second kappa shape index (κ2) is 7.88. The van der Waals surface area contributed by atoms with Crippen molar-refractivity contribution in [2.24, 2.45) is 0 Å². The van der Waals surface area contributed by atoms with Gasteiger partial charge >= 0.3 is 0 Å². The molecule has 0 aliphatic carbocycles. The largest absolute Gasteiger partial charge is 0.487 e. The number of rotatable bonds is 4. The van der Waals surface area contributed by atoms with Crippen LogP contribution in [0.5, 0.6) is 5.75 Å². The molecule has 4 rings (SSSR count). The lowest BCUT2D eigenvalue weighted by Crippen LogP contribution is -2.49. The minimum atomic E-state index is 0.00754. The van der Waals surface area contributed by atoms with Crippen LogP contribution < -0.4 is 4.74 Å². The Hall–Kier alpha value is -1.46. The van der Waals surface area contributed by atoms with E-state index in [4.69, 9.17) is 4.74 Å². The van der Waals surface area contributed by atoms with E-state index in [1.807, 2.05) is 35.8 Å². The first kappa shape index (κ1) is 18.9. The lowest BCUT2D eigenvalue weighted by atomic mass is 9.83. The van der Waals surface area contributed by atoms with Crippen molar-refractivity contribution in [3.63, 3.8) is 0 Å². The molecule has 4 nitrogen and oxygen atoms in total. The van der Waals surface area contributed by atoms with E-state index in [0.29, 0.717) is 0 Å². The fraction of sp³-hybridized carbons (Fsp3) is 0.591. The fourth-order valence-electron chi connectivity index (χ4n) is 4.42. The van der Waals surface area contributed by atoms with E-state index in [-0.39, 0.29) is 11.5 Å². The number of ether oxygens (including phenoxy) is 1. The topological polar surface area (TPSA) is 32.8 Å². The Morgan fingerprint density at radius 1 is 1.26 bits per heavy atom. The molecule has 0 radical (unpaired) electrons. The van der Waals surface area contributed by atoms with Crippen molar-refractivity contribution in [1.29, 1.82) is 0 Å². The Kier molecular flexibility index (Phi) is 5.51. The number of fused-ring (bicyclic) bond motifs is 1. The Morgan fingerprint density at radius 3 is 2.78 bits per heavy atom. The summed E-state index contributed by atoms with van der Waals surface area (Å²) in [4.78, 5) is 17.2. The van der Waals surface area contributed by atoms with Crippen LogP contribution in [-0.2, 0) is 6.42 Å². The average Bonchev–Trinajstić information content (AvgIpc) is 3.20.